The molecule has 2 nitrogen and oxygen atoms in total. The molecule has 0 heterocycles. The Morgan fingerprint density at radius 1 is 1.37 bits per heavy atom. The molecule has 0 aromatic heterocycles. The molecule has 1 aromatic carbocycles. The van der Waals surface area contributed by atoms with Crippen LogP contribution in [0, 0.1) is 6.92 Å². The van der Waals surface area contributed by atoms with Crippen LogP contribution in [-0.2, 0) is 9.53 Å². The van der Waals surface area contributed by atoms with Crippen LogP contribution in [0.1, 0.15) is 18.9 Å². The Morgan fingerprint density at radius 3 is 2.53 bits per heavy atom. The van der Waals surface area contributed by atoms with Gasteiger partial charge in [0.15, 0.2) is 0 Å². The van der Waals surface area contributed by atoms with Crippen LogP contribution in [-0.4, -0.2) is 24.0 Å². The number of hydrogen-bond donors (Lipinski definition) is 0. The molecule has 106 valence electrons. The Hall–Kier alpha value is -1.17. The second-order valence-electron chi connectivity index (χ2n) is 3.92. The second-order valence-corrected chi connectivity index (χ2v) is 5.17. The van der Waals surface area contributed by atoms with Crippen molar-refractivity contribution in [2.45, 2.75) is 36.6 Å². The molecule has 1 rings (SSSR count). The number of carbonyl (C=O) groups is 1. The molecule has 0 unspecified atom stereocenters. The van der Waals surface area contributed by atoms with Gasteiger partial charge in [0.2, 0.25) is 0 Å². The van der Waals surface area contributed by atoms with Gasteiger partial charge in [-0.15, -0.1) is 11.8 Å². The summed E-state index contributed by atoms with van der Waals surface area (Å²) in [4.78, 5) is 11.8. The first-order valence-electron chi connectivity index (χ1n) is 5.79. The maximum absolute atomic E-state index is 12.9. The zero-order chi connectivity index (χ0) is 14.5. The van der Waals surface area contributed by atoms with Crippen LogP contribution in [0.4, 0.5) is 13.2 Å². The highest BCUT2D eigenvalue weighted by Gasteiger charge is 2.42. The van der Waals surface area contributed by atoms with E-state index in [0.29, 0.717) is 16.7 Å². The van der Waals surface area contributed by atoms with E-state index in [2.05, 4.69) is 4.74 Å². The molecule has 0 fully saturated rings. The lowest BCUT2D eigenvalue weighted by Gasteiger charge is -2.19. The largest absolute Gasteiger partial charge is 0.466 e. The van der Waals surface area contributed by atoms with Crippen molar-refractivity contribution in [3.05, 3.63) is 29.8 Å². The topological polar surface area (TPSA) is 26.3 Å². The SMILES string of the molecule is CCOC(=O)C[C@H](Sc1ccccc1C)C(F)(F)F. The minimum absolute atomic E-state index is 0.0818. The average Bonchev–Trinajstić information content (AvgIpc) is 2.30. The third-order valence-corrected chi connectivity index (χ3v) is 3.82. The van der Waals surface area contributed by atoms with Crippen molar-refractivity contribution in [1.82, 2.24) is 0 Å². The van der Waals surface area contributed by atoms with Crippen molar-refractivity contribution in [1.29, 1.82) is 0 Å². The summed E-state index contributed by atoms with van der Waals surface area (Å²) in [7, 11) is 0. The number of alkyl halides is 3. The molecule has 0 N–H and O–H groups in total. The molecule has 0 saturated heterocycles. The Balaban J connectivity index is 2.82. The molecule has 0 aliphatic carbocycles. The van der Waals surface area contributed by atoms with E-state index in [1.165, 1.54) is 0 Å². The predicted molar refractivity (Wildman–Crippen MR) is 68.1 cm³/mol. The van der Waals surface area contributed by atoms with Crippen LogP contribution in [0.3, 0.4) is 0 Å². The number of benzene rings is 1. The lowest BCUT2D eigenvalue weighted by atomic mass is 10.2. The predicted octanol–water partition coefficient (Wildman–Crippen LogP) is 3.97. The maximum atomic E-state index is 12.9. The number of aryl methyl sites for hydroxylation is 1. The molecule has 0 radical (unpaired) electrons. The third kappa shape index (κ3) is 5.14. The van der Waals surface area contributed by atoms with Gasteiger partial charge in [0.25, 0.3) is 0 Å². The van der Waals surface area contributed by atoms with Crippen LogP contribution in [0.5, 0.6) is 0 Å². The van der Waals surface area contributed by atoms with Gasteiger partial charge in [0.1, 0.15) is 5.25 Å². The number of rotatable bonds is 5. The first-order valence-corrected chi connectivity index (χ1v) is 6.67. The smallest absolute Gasteiger partial charge is 0.401 e. The summed E-state index contributed by atoms with van der Waals surface area (Å²) in [5, 5.41) is -1.78. The van der Waals surface area contributed by atoms with Gasteiger partial charge in [-0.05, 0) is 25.5 Å². The summed E-state index contributed by atoms with van der Waals surface area (Å²) in [6.07, 6.45) is -5.12. The highest BCUT2D eigenvalue weighted by molar-refractivity contribution is 8.00. The zero-order valence-corrected chi connectivity index (χ0v) is 11.5. The number of carbonyl (C=O) groups excluding carboxylic acids is 1. The number of esters is 1. The monoisotopic (exact) mass is 292 g/mol. The molecule has 0 saturated carbocycles. The highest BCUT2D eigenvalue weighted by atomic mass is 32.2. The van der Waals surface area contributed by atoms with Crippen molar-refractivity contribution >= 4 is 17.7 Å². The van der Waals surface area contributed by atoms with Crippen molar-refractivity contribution in [2.75, 3.05) is 6.61 Å². The fourth-order valence-electron chi connectivity index (χ4n) is 1.44. The first kappa shape index (κ1) is 15.9. The highest BCUT2D eigenvalue weighted by Crippen LogP contribution is 2.38. The molecule has 1 atom stereocenters. The lowest BCUT2D eigenvalue weighted by molar-refractivity contribution is -0.154. The normalized spacial score (nSPS) is 13.1. The fourth-order valence-corrected chi connectivity index (χ4v) is 2.51. The van der Waals surface area contributed by atoms with Crippen LogP contribution in [0.25, 0.3) is 0 Å². The fraction of sp³-hybridized carbons (Fsp3) is 0.462. The second kappa shape index (κ2) is 6.84. The Labute approximate surface area is 114 Å². The zero-order valence-electron chi connectivity index (χ0n) is 10.7. The quantitative estimate of drug-likeness (QED) is 0.607. The summed E-state index contributed by atoms with van der Waals surface area (Å²) < 4.78 is 43.3. The Bertz CT molecular complexity index is 432. The van der Waals surface area contributed by atoms with Crippen molar-refractivity contribution in [2.24, 2.45) is 0 Å². The number of hydrogen-bond acceptors (Lipinski definition) is 3. The molecule has 0 aliphatic rings. The molecule has 0 amide bonds. The Kier molecular flexibility index (Phi) is 5.72. The van der Waals surface area contributed by atoms with E-state index in [4.69, 9.17) is 0 Å². The van der Waals surface area contributed by atoms with Crippen LogP contribution < -0.4 is 0 Å². The van der Waals surface area contributed by atoms with Crippen molar-refractivity contribution < 1.29 is 22.7 Å². The molecule has 0 bridgehead atoms. The summed E-state index contributed by atoms with van der Waals surface area (Å²) in [6, 6.07) is 6.78. The number of halogens is 3. The average molecular weight is 292 g/mol. The molecule has 0 spiro atoms. The molecular weight excluding hydrogens is 277 g/mol. The molecule has 19 heavy (non-hydrogen) atoms. The van der Waals surface area contributed by atoms with E-state index >= 15 is 0 Å². The maximum Gasteiger partial charge on any atom is 0.401 e. The van der Waals surface area contributed by atoms with Crippen molar-refractivity contribution in [3.8, 4) is 0 Å². The van der Waals surface area contributed by atoms with Crippen LogP contribution in [0.15, 0.2) is 29.2 Å². The van der Waals surface area contributed by atoms with Gasteiger partial charge in [-0.3, -0.25) is 4.79 Å². The van der Waals surface area contributed by atoms with E-state index in [1.807, 2.05) is 0 Å². The van der Waals surface area contributed by atoms with Gasteiger partial charge in [-0.1, -0.05) is 18.2 Å². The van der Waals surface area contributed by atoms with Gasteiger partial charge >= 0.3 is 12.1 Å². The van der Waals surface area contributed by atoms with E-state index in [-0.39, 0.29) is 6.61 Å². The minimum Gasteiger partial charge on any atom is -0.466 e. The molecule has 0 aliphatic heterocycles. The third-order valence-electron chi connectivity index (χ3n) is 2.39. The molecular formula is C13H15F3O2S. The summed E-state index contributed by atoms with van der Waals surface area (Å²) in [5.74, 6) is -0.828. The van der Waals surface area contributed by atoms with Gasteiger partial charge < -0.3 is 4.74 Å². The van der Waals surface area contributed by atoms with Crippen LogP contribution in [0.2, 0.25) is 0 Å². The Morgan fingerprint density at radius 2 is 2.00 bits per heavy atom. The first-order chi connectivity index (χ1) is 8.84. The van der Waals surface area contributed by atoms with Gasteiger partial charge in [0.05, 0.1) is 13.0 Å². The minimum atomic E-state index is -4.44. The van der Waals surface area contributed by atoms with E-state index in [9.17, 15) is 18.0 Å². The van der Waals surface area contributed by atoms with Gasteiger partial charge in [-0.25, -0.2) is 0 Å². The summed E-state index contributed by atoms with van der Waals surface area (Å²) in [5.41, 5.74) is 0.755. The summed E-state index contributed by atoms with van der Waals surface area (Å²) >= 11 is 0.651. The number of ether oxygens (including phenoxy) is 1. The van der Waals surface area contributed by atoms with Crippen molar-refractivity contribution in [3.63, 3.8) is 0 Å². The van der Waals surface area contributed by atoms with Gasteiger partial charge in [-0.2, -0.15) is 13.2 Å². The van der Waals surface area contributed by atoms with E-state index in [0.717, 1.165) is 5.56 Å². The lowest BCUT2D eigenvalue weighted by Crippen LogP contribution is -2.29. The molecule has 1 aromatic rings. The number of thioether (sulfide) groups is 1. The molecule has 6 heteroatoms. The van der Waals surface area contributed by atoms with Gasteiger partial charge in [0, 0.05) is 4.90 Å². The van der Waals surface area contributed by atoms with E-state index < -0.39 is 23.8 Å². The standard InChI is InChI=1S/C13H15F3O2S/c1-3-18-12(17)8-11(13(14,15)16)19-10-7-5-4-6-9(10)2/h4-7,11H,3,8H2,1-2H3/t11-/m0/s1. The van der Waals surface area contributed by atoms with E-state index in [1.54, 1.807) is 38.1 Å². The summed E-state index contributed by atoms with van der Waals surface area (Å²) in [6.45, 7) is 3.38. The van der Waals surface area contributed by atoms with Crippen LogP contribution >= 0.6 is 11.8 Å².